The van der Waals surface area contributed by atoms with E-state index < -0.39 is 0 Å². The molecule has 0 amide bonds. The van der Waals surface area contributed by atoms with Gasteiger partial charge in [0.1, 0.15) is 0 Å². The summed E-state index contributed by atoms with van der Waals surface area (Å²) in [6.45, 7) is 1.89. The van der Waals surface area contributed by atoms with Crippen LogP contribution < -0.4 is 0 Å². The first-order valence-electron chi connectivity index (χ1n) is 8.43. The van der Waals surface area contributed by atoms with Crippen LogP contribution in [0.25, 0.3) is 0 Å². The largest absolute Gasteiger partial charge is 0.375 e. The van der Waals surface area contributed by atoms with Crippen molar-refractivity contribution in [3.8, 4) is 0 Å². The molecule has 0 aliphatic heterocycles. The number of aromatic nitrogens is 2. The van der Waals surface area contributed by atoms with Gasteiger partial charge in [-0.2, -0.15) is 0 Å². The van der Waals surface area contributed by atoms with Crippen molar-refractivity contribution in [3.63, 3.8) is 0 Å². The Morgan fingerprint density at radius 3 is 2.52 bits per heavy atom. The van der Waals surface area contributed by atoms with Gasteiger partial charge in [-0.1, -0.05) is 53.0 Å². The fourth-order valence-corrected chi connectivity index (χ4v) is 4.20. The lowest BCUT2D eigenvalue weighted by atomic mass is 10.2. The molecule has 3 rings (SSSR count). The Bertz CT molecular complexity index is 841. The molecule has 27 heavy (non-hydrogen) atoms. The van der Waals surface area contributed by atoms with Gasteiger partial charge >= 0.3 is 0 Å². The van der Waals surface area contributed by atoms with Gasteiger partial charge in [0.2, 0.25) is 0 Å². The van der Waals surface area contributed by atoms with Crippen molar-refractivity contribution in [2.24, 2.45) is 0 Å². The zero-order valence-electron chi connectivity index (χ0n) is 14.5. The van der Waals surface area contributed by atoms with Gasteiger partial charge in [0.15, 0.2) is 0 Å². The van der Waals surface area contributed by atoms with Crippen molar-refractivity contribution in [3.05, 3.63) is 87.4 Å². The maximum absolute atomic E-state index is 6.22. The summed E-state index contributed by atoms with van der Waals surface area (Å²) < 4.78 is 8.02. The second-order valence-corrected chi connectivity index (χ2v) is 8.64. The number of benzene rings is 2. The zero-order valence-corrected chi connectivity index (χ0v) is 17.6. The number of imidazole rings is 1. The van der Waals surface area contributed by atoms with Gasteiger partial charge in [-0.3, -0.25) is 0 Å². The van der Waals surface area contributed by atoms with Crippen LogP contribution in [0.5, 0.6) is 0 Å². The molecule has 0 N–H and O–H groups in total. The molecule has 1 unspecified atom stereocenters. The molecular weight excluding hydrogens is 423 g/mol. The highest BCUT2D eigenvalue weighted by atomic mass is 35.5. The summed E-state index contributed by atoms with van der Waals surface area (Å²) in [4.78, 5) is 4.12. The Balaban J connectivity index is 1.56. The molecule has 7 heteroatoms. The number of hydrogen-bond donors (Lipinski definition) is 0. The molecule has 3 nitrogen and oxygen atoms in total. The predicted octanol–water partition coefficient (Wildman–Crippen LogP) is 6.36. The summed E-state index contributed by atoms with van der Waals surface area (Å²) in [5.41, 5.74) is 2.17. The van der Waals surface area contributed by atoms with Crippen LogP contribution in [0.2, 0.25) is 15.1 Å². The van der Waals surface area contributed by atoms with Crippen molar-refractivity contribution in [2.45, 2.75) is 24.2 Å². The van der Waals surface area contributed by atoms with Gasteiger partial charge in [0, 0.05) is 45.0 Å². The third-order valence-corrected chi connectivity index (χ3v) is 6.04. The lowest BCUT2D eigenvalue weighted by Gasteiger charge is -2.18. The quantitative estimate of drug-likeness (QED) is 0.386. The Labute approximate surface area is 178 Å². The average molecular weight is 442 g/mol. The molecule has 0 saturated heterocycles. The molecule has 0 bridgehead atoms. The molecule has 1 aromatic heterocycles. The smallest absolute Gasteiger partial charge is 0.0946 e. The van der Waals surface area contributed by atoms with Crippen LogP contribution in [0.1, 0.15) is 11.1 Å². The minimum absolute atomic E-state index is 0.279. The van der Waals surface area contributed by atoms with Crippen LogP contribution in [0.4, 0.5) is 0 Å². The van der Waals surface area contributed by atoms with Gasteiger partial charge in [-0.15, -0.1) is 11.8 Å². The van der Waals surface area contributed by atoms with E-state index in [1.807, 2.05) is 48.6 Å². The van der Waals surface area contributed by atoms with Crippen LogP contribution in [0.3, 0.4) is 0 Å². The second-order valence-electron chi connectivity index (χ2n) is 6.07. The van der Waals surface area contributed by atoms with E-state index in [2.05, 4.69) is 21.7 Å². The summed E-state index contributed by atoms with van der Waals surface area (Å²) in [7, 11) is 0. The number of hydrogen-bond acceptors (Lipinski definition) is 3. The maximum Gasteiger partial charge on any atom is 0.0946 e. The van der Waals surface area contributed by atoms with E-state index in [1.165, 1.54) is 5.56 Å². The summed E-state index contributed by atoms with van der Waals surface area (Å²) in [5.74, 6) is 0.890. The lowest BCUT2D eigenvalue weighted by molar-refractivity contribution is 0.119. The van der Waals surface area contributed by atoms with E-state index in [1.54, 1.807) is 12.3 Å². The third kappa shape index (κ3) is 6.74. The van der Waals surface area contributed by atoms with Crippen LogP contribution >= 0.6 is 46.6 Å². The second kappa shape index (κ2) is 10.4. The minimum Gasteiger partial charge on any atom is -0.375 e. The summed E-state index contributed by atoms with van der Waals surface area (Å²) >= 11 is 20.0. The molecule has 0 saturated carbocycles. The molecule has 1 heterocycles. The Hall–Kier alpha value is -1.17. The summed E-state index contributed by atoms with van der Waals surface area (Å²) in [6, 6.07) is 13.4. The SMILES string of the molecule is Clc1ccc(CSC(COCc2ccc(Cl)cc2Cl)Cn2ccnc2)cc1. The first kappa shape index (κ1) is 20.6. The van der Waals surface area contributed by atoms with E-state index in [9.17, 15) is 0 Å². The van der Waals surface area contributed by atoms with Gasteiger partial charge in [0.25, 0.3) is 0 Å². The molecule has 0 fully saturated rings. The van der Waals surface area contributed by atoms with Crippen LogP contribution in [0, 0.1) is 0 Å². The summed E-state index contributed by atoms with van der Waals surface area (Å²) in [5, 5.41) is 2.28. The van der Waals surface area contributed by atoms with Crippen LogP contribution in [0.15, 0.2) is 61.2 Å². The van der Waals surface area contributed by atoms with Gasteiger partial charge < -0.3 is 9.30 Å². The molecule has 0 aliphatic rings. The Kier molecular flexibility index (Phi) is 7.92. The van der Waals surface area contributed by atoms with Gasteiger partial charge in [0.05, 0.1) is 19.5 Å². The molecule has 0 aliphatic carbocycles. The zero-order chi connectivity index (χ0) is 19.1. The summed E-state index contributed by atoms with van der Waals surface area (Å²) in [6.07, 6.45) is 5.58. The highest BCUT2D eigenvalue weighted by Crippen LogP contribution is 2.24. The maximum atomic E-state index is 6.22. The lowest BCUT2D eigenvalue weighted by Crippen LogP contribution is -2.19. The standard InChI is InChI=1S/C20H19Cl3N2OS/c21-17-4-1-15(2-5-17)13-27-19(10-25-8-7-24-14-25)12-26-11-16-3-6-18(22)9-20(16)23/h1-9,14,19H,10-13H2. The van der Waals surface area contributed by atoms with E-state index in [0.717, 1.165) is 22.9 Å². The molecular formula is C20H19Cl3N2OS. The number of rotatable bonds is 9. The first-order chi connectivity index (χ1) is 13.1. The fraction of sp³-hybridized carbons (Fsp3) is 0.250. The van der Waals surface area contributed by atoms with E-state index >= 15 is 0 Å². The molecule has 3 aromatic rings. The fourth-order valence-electron chi connectivity index (χ4n) is 2.52. The third-order valence-electron chi connectivity index (χ3n) is 3.95. The first-order valence-corrected chi connectivity index (χ1v) is 10.6. The van der Waals surface area contributed by atoms with Crippen molar-refractivity contribution in [1.29, 1.82) is 0 Å². The molecule has 0 spiro atoms. The number of nitrogens with zero attached hydrogens (tertiary/aromatic N) is 2. The number of thioether (sulfide) groups is 1. The van der Waals surface area contributed by atoms with Gasteiger partial charge in [-0.05, 0) is 35.4 Å². The van der Waals surface area contributed by atoms with Crippen molar-refractivity contribution in [1.82, 2.24) is 9.55 Å². The average Bonchev–Trinajstić information content (AvgIpc) is 3.16. The van der Waals surface area contributed by atoms with Crippen molar-refractivity contribution < 1.29 is 4.74 Å². The molecule has 142 valence electrons. The minimum atomic E-state index is 0.279. The molecule has 1 atom stereocenters. The normalized spacial score (nSPS) is 12.3. The Morgan fingerprint density at radius 1 is 1.04 bits per heavy atom. The predicted molar refractivity (Wildman–Crippen MR) is 115 cm³/mol. The van der Waals surface area contributed by atoms with Gasteiger partial charge in [-0.25, -0.2) is 4.98 Å². The molecule has 0 radical (unpaired) electrons. The topological polar surface area (TPSA) is 27.1 Å². The monoisotopic (exact) mass is 440 g/mol. The number of ether oxygens (including phenoxy) is 1. The van der Waals surface area contributed by atoms with Crippen LogP contribution in [-0.2, 0) is 23.6 Å². The molecule has 2 aromatic carbocycles. The highest BCUT2D eigenvalue weighted by molar-refractivity contribution is 7.99. The van der Waals surface area contributed by atoms with Crippen LogP contribution in [-0.4, -0.2) is 21.4 Å². The van der Waals surface area contributed by atoms with E-state index in [4.69, 9.17) is 39.5 Å². The van der Waals surface area contributed by atoms with E-state index in [-0.39, 0.29) is 5.25 Å². The van der Waals surface area contributed by atoms with E-state index in [0.29, 0.717) is 23.3 Å². The highest BCUT2D eigenvalue weighted by Gasteiger charge is 2.12. The van der Waals surface area contributed by atoms with Crippen molar-refractivity contribution in [2.75, 3.05) is 6.61 Å². The Morgan fingerprint density at radius 2 is 1.81 bits per heavy atom. The number of halogens is 3. The van der Waals surface area contributed by atoms with Crippen molar-refractivity contribution >= 4 is 46.6 Å².